The quantitative estimate of drug-likeness (QED) is 0.868. The minimum absolute atomic E-state index is 0.0610. The van der Waals surface area contributed by atoms with Crippen molar-refractivity contribution in [2.75, 3.05) is 13.2 Å². The van der Waals surface area contributed by atoms with E-state index in [9.17, 15) is 4.39 Å². The van der Waals surface area contributed by atoms with Crippen molar-refractivity contribution in [3.63, 3.8) is 0 Å². The lowest BCUT2D eigenvalue weighted by Gasteiger charge is -2.19. The Hall–Kier alpha value is -1.13. The molecule has 0 saturated carbocycles. The molecule has 1 fully saturated rings. The molecule has 2 rings (SSSR count). The van der Waals surface area contributed by atoms with E-state index in [0.29, 0.717) is 18.9 Å². The average molecular weight is 281 g/mol. The van der Waals surface area contributed by atoms with Crippen molar-refractivity contribution in [2.45, 2.75) is 51.9 Å². The van der Waals surface area contributed by atoms with E-state index in [2.05, 4.69) is 19.2 Å². The van der Waals surface area contributed by atoms with E-state index in [1.807, 2.05) is 13.0 Å². The van der Waals surface area contributed by atoms with Gasteiger partial charge in [-0.2, -0.15) is 0 Å². The Balaban J connectivity index is 1.87. The van der Waals surface area contributed by atoms with Crippen molar-refractivity contribution < 1.29 is 13.9 Å². The van der Waals surface area contributed by atoms with Gasteiger partial charge in [0.25, 0.3) is 0 Å². The van der Waals surface area contributed by atoms with Crippen LogP contribution in [-0.4, -0.2) is 24.9 Å². The summed E-state index contributed by atoms with van der Waals surface area (Å²) in [5, 5.41) is 3.17. The first-order valence-electron chi connectivity index (χ1n) is 7.30. The zero-order valence-corrected chi connectivity index (χ0v) is 12.5. The fraction of sp³-hybridized carbons (Fsp3) is 0.625. The predicted molar refractivity (Wildman–Crippen MR) is 77.5 cm³/mol. The summed E-state index contributed by atoms with van der Waals surface area (Å²) in [5.41, 5.74) is 0.845. The van der Waals surface area contributed by atoms with Crippen LogP contribution in [0.4, 0.5) is 4.39 Å². The fourth-order valence-corrected chi connectivity index (χ4v) is 2.42. The first kappa shape index (κ1) is 15.3. The molecule has 1 aromatic carbocycles. The molecule has 0 aliphatic carbocycles. The Bertz CT molecular complexity index is 448. The number of hydrogen-bond acceptors (Lipinski definition) is 3. The molecule has 0 spiro atoms. The molecule has 0 radical (unpaired) electrons. The van der Waals surface area contributed by atoms with Gasteiger partial charge in [-0.25, -0.2) is 4.39 Å². The second-order valence-corrected chi connectivity index (χ2v) is 5.89. The lowest BCUT2D eigenvalue weighted by molar-refractivity contribution is -0.0330. The number of ether oxygens (including phenoxy) is 2. The van der Waals surface area contributed by atoms with Crippen LogP contribution in [0.3, 0.4) is 0 Å². The predicted octanol–water partition coefficient (Wildman–Crippen LogP) is 3.27. The molecule has 20 heavy (non-hydrogen) atoms. The Morgan fingerprint density at radius 3 is 2.85 bits per heavy atom. The molecular formula is C16H24FNO2. The van der Waals surface area contributed by atoms with Crippen LogP contribution in [0.15, 0.2) is 18.2 Å². The van der Waals surface area contributed by atoms with E-state index >= 15 is 0 Å². The van der Waals surface area contributed by atoms with Gasteiger partial charge in [0.1, 0.15) is 6.61 Å². The molecule has 3 nitrogen and oxygen atoms in total. The standard InChI is InChI=1S/C16H24FNO2/c1-4-18-10-12-5-6-15(14(17)9-12)19-11-13-7-8-16(2,3)20-13/h5-6,9,13,18H,4,7-8,10-11H2,1-3H3. The molecule has 1 aromatic rings. The smallest absolute Gasteiger partial charge is 0.165 e. The van der Waals surface area contributed by atoms with Crippen molar-refractivity contribution >= 4 is 0 Å². The molecular weight excluding hydrogens is 257 g/mol. The zero-order valence-electron chi connectivity index (χ0n) is 12.5. The van der Waals surface area contributed by atoms with Gasteiger partial charge in [-0.05, 0) is 50.9 Å². The van der Waals surface area contributed by atoms with Crippen molar-refractivity contribution in [1.29, 1.82) is 0 Å². The molecule has 0 amide bonds. The minimum Gasteiger partial charge on any atom is -0.488 e. The number of halogens is 1. The molecule has 0 bridgehead atoms. The van der Waals surface area contributed by atoms with Gasteiger partial charge in [0.2, 0.25) is 0 Å². The highest BCUT2D eigenvalue weighted by atomic mass is 19.1. The van der Waals surface area contributed by atoms with Crippen molar-refractivity contribution in [3.8, 4) is 5.75 Å². The monoisotopic (exact) mass is 281 g/mol. The topological polar surface area (TPSA) is 30.5 Å². The van der Waals surface area contributed by atoms with Crippen molar-refractivity contribution in [3.05, 3.63) is 29.6 Å². The van der Waals surface area contributed by atoms with Gasteiger partial charge in [0, 0.05) is 6.54 Å². The summed E-state index contributed by atoms with van der Waals surface area (Å²) in [5.74, 6) is -0.00350. The highest BCUT2D eigenvalue weighted by molar-refractivity contribution is 5.29. The lowest BCUT2D eigenvalue weighted by atomic mass is 10.1. The Kier molecular flexibility index (Phi) is 5.00. The van der Waals surface area contributed by atoms with E-state index in [0.717, 1.165) is 24.9 Å². The van der Waals surface area contributed by atoms with E-state index in [1.165, 1.54) is 6.07 Å². The third-order valence-electron chi connectivity index (χ3n) is 3.55. The van der Waals surface area contributed by atoms with Crippen LogP contribution in [0.2, 0.25) is 0 Å². The summed E-state index contributed by atoms with van der Waals surface area (Å²) in [7, 11) is 0. The highest BCUT2D eigenvalue weighted by Crippen LogP contribution is 2.30. The molecule has 1 aliphatic heterocycles. The second kappa shape index (κ2) is 6.55. The number of benzene rings is 1. The number of hydrogen-bond donors (Lipinski definition) is 1. The first-order valence-corrected chi connectivity index (χ1v) is 7.30. The Labute approximate surface area is 120 Å². The zero-order chi connectivity index (χ0) is 14.6. The second-order valence-electron chi connectivity index (χ2n) is 5.89. The van der Waals surface area contributed by atoms with Crippen LogP contribution < -0.4 is 10.1 Å². The molecule has 1 atom stereocenters. The number of rotatable bonds is 6. The maximum atomic E-state index is 13.9. The molecule has 1 saturated heterocycles. The first-order chi connectivity index (χ1) is 9.50. The Morgan fingerprint density at radius 1 is 1.45 bits per heavy atom. The van der Waals surface area contributed by atoms with E-state index in [4.69, 9.17) is 9.47 Å². The molecule has 1 heterocycles. The normalized spacial score (nSPS) is 21.1. The minimum atomic E-state index is -0.308. The maximum Gasteiger partial charge on any atom is 0.165 e. The molecule has 0 aromatic heterocycles. The molecule has 1 aliphatic rings. The summed E-state index contributed by atoms with van der Waals surface area (Å²) in [4.78, 5) is 0. The summed E-state index contributed by atoms with van der Waals surface area (Å²) in [6.45, 7) is 8.12. The van der Waals surface area contributed by atoms with Gasteiger partial charge in [0.15, 0.2) is 11.6 Å². The van der Waals surface area contributed by atoms with Gasteiger partial charge in [-0.15, -0.1) is 0 Å². The van der Waals surface area contributed by atoms with Crippen molar-refractivity contribution in [2.24, 2.45) is 0 Å². The number of nitrogens with one attached hydrogen (secondary N) is 1. The largest absolute Gasteiger partial charge is 0.488 e. The summed E-state index contributed by atoms with van der Waals surface area (Å²) < 4.78 is 25.3. The summed E-state index contributed by atoms with van der Waals surface area (Å²) >= 11 is 0. The van der Waals surface area contributed by atoms with Crippen LogP contribution in [0.5, 0.6) is 5.75 Å². The Morgan fingerprint density at radius 2 is 2.25 bits per heavy atom. The average Bonchev–Trinajstić information content (AvgIpc) is 2.75. The van der Waals surface area contributed by atoms with E-state index in [-0.39, 0.29) is 17.5 Å². The molecule has 1 unspecified atom stereocenters. The third-order valence-corrected chi connectivity index (χ3v) is 3.55. The van der Waals surface area contributed by atoms with Crippen molar-refractivity contribution in [1.82, 2.24) is 5.32 Å². The highest BCUT2D eigenvalue weighted by Gasteiger charge is 2.32. The van der Waals surface area contributed by atoms with Gasteiger partial charge in [-0.1, -0.05) is 13.0 Å². The fourth-order valence-electron chi connectivity index (χ4n) is 2.42. The summed E-state index contributed by atoms with van der Waals surface area (Å²) in [6.07, 6.45) is 2.05. The van der Waals surface area contributed by atoms with E-state index < -0.39 is 0 Å². The van der Waals surface area contributed by atoms with Gasteiger partial charge in [0.05, 0.1) is 11.7 Å². The van der Waals surface area contributed by atoms with Gasteiger partial charge < -0.3 is 14.8 Å². The van der Waals surface area contributed by atoms with E-state index in [1.54, 1.807) is 6.07 Å². The summed E-state index contributed by atoms with van der Waals surface area (Å²) in [6, 6.07) is 5.11. The molecule has 4 heteroatoms. The van der Waals surface area contributed by atoms with Crippen LogP contribution in [0.1, 0.15) is 39.2 Å². The lowest BCUT2D eigenvalue weighted by Crippen LogP contribution is -2.24. The van der Waals surface area contributed by atoms with Crippen LogP contribution in [-0.2, 0) is 11.3 Å². The van der Waals surface area contributed by atoms with Gasteiger partial charge in [-0.3, -0.25) is 0 Å². The van der Waals surface area contributed by atoms with Gasteiger partial charge >= 0.3 is 0 Å². The van der Waals surface area contributed by atoms with Crippen LogP contribution in [0, 0.1) is 5.82 Å². The third kappa shape index (κ3) is 4.18. The molecule has 112 valence electrons. The van der Waals surface area contributed by atoms with Crippen LogP contribution in [0.25, 0.3) is 0 Å². The molecule has 1 N–H and O–H groups in total. The van der Waals surface area contributed by atoms with Crippen LogP contribution >= 0.6 is 0 Å². The SMILES string of the molecule is CCNCc1ccc(OCC2CCC(C)(C)O2)c(F)c1. The maximum absolute atomic E-state index is 13.9.